The highest BCUT2D eigenvalue weighted by Gasteiger charge is 2.09. The van der Waals surface area contributed by atoms with E-state index >= 15 is 0 Å². The summed E-state index contributed by atoms with van der Waals surface area (Å²) in [6.45, 7) is 2.08. The van der Waals surface area contributed by atoms with Gasteiger partial charge in [-0.2, -0.15) is 0 Å². The fourth-order valence-electron chi connectivity index (χ4n) is 1.72. The first kappa shape index (κ1) is 14.0. The topological polar surface area (TPSA) is 42.4 Å². The summed E-state index contributed by atoms with van der Waals surface area (Å²) in [6.07, 6.45) is 1.47. The molecule has 0 fully saturated rings. The summed E-state index contributed by atoms with van der Waals surface area (Å²) >= 11 is 0. The van der Waals surface area contributed by atoms with Crippen LogP contribution in [-0.2, 0) is 4.74 Å². The summed E-state index contributed by atoms with van der Waals surface area (Å²) in [6, 6.07) is 9.47. The molecule has 2 aromatic rings. The second-order valence-corrected chi connectivity index (χ2v) is 4.16. The fraction of sp³-hybridized carbons (Fsp3) is 0.200. The van der Waals surface area contributed by atoms with E-state index in [-0.39, 0.29) is 5.82 Å². The highest BCUT2D eigenvalue weighted by atomic mass is 19.1. The van der Waals surface area contributed by atoms with Crippen LogP contribution in [0.25, 0.3) is 0 Å². The molecule has 1 aromatic carbocycles. The number of benzene rings is 1. The van der Waals surface area contributed by atoms with Crippen molar-refractivity contribution >= 4 is 17.5 Å². The average Bonchev–Trinajstić information content (AvgIpc) is 2.48. The molecular weight excluding hydrogens is 259 g/mol. The average molecular weight is 274 g/mol. The minimum Gasteiger partial charge on any atom is -0.462 e. The standard InChI is InChI=1S/C15H15FN2O2/c1-3-20-15(19)11-4-9-14(17-10-11)18(2)13-7-5-12(16)6-8-13/h4-10H,3H2,1-2H3. The Morgan fingerprint density at radius 2 is 1.95 bits per heavy atom. The number of pyridine rings is 1. The zero-order chi connectivity index (χ0) is 14.5. The quantitative estimate of drug-likeness (QED) is 0.803. The maximum atomic E-state index is 12.9. The van der Waals surface area contributed by atoms with Gasteiger partial charge in [0.05, 0.1) is 12.2 Å². The van der Waals surface area contributed by atoms with E-state index in [9.17, 15) is 9.18 Å². The Balaban J connectivity index is 2.17. The van der Waals surface area contributed by atoms with E-state index < -0.39 is 5.97 Å². The molecule has 1 heterocycles. The monoisotopic (exact) mass is 274 g/mol. The molecule has 0 aliphatic heterocycles. The molecule has 0 bridgehead atoms. The Hall–Kier alpha value is -2.43. The first-order chi connectivity index (χ1) is 9.61. The molecule has 0 radical (unpaired) electrons. The number of hydrogen-bond acceptors (Lipinski definition) is 4. The van der Waals surface area contributed by atoms with E-state index in [0.29, 0.717) is 18.0 Å². The molecular formula is C15H15FN2O2. The number of carbonyl (C=O) groups is 1. The molecule has 0 atom stereocenters. The van der Waals surface area contributed by atoms with Gasteiger partial charge >= 0.3 is 5.97 Å². The van der Waals surface area contributed by atoms with Gasteiger partial charge in [0.25, 0.3) is 0 Å². The van der Waals surface area contributed by atoms with E-state index in [1.165, 1.54) is 18.3 Å². The van der Waals surface area contributed by atoms with Gasteiger partial charge in [-0.3, -0.25) is 0 Å². The molecule has 20 heavy (non-hydrogen) atoms. The number of nitrogens with zero attached hydrogens (tertiary/aromatic N) is 2. The van der Waals surface area contributed by atoms with Gasteiger partial charge in [0.15, 0.2) is 0 Å². The van der Waals surface area contributed by atoms with Gasteiger partial charge < -0.3 is 9.64 Å². The second kappa shape index (κ2) is 6.14. The third-order valence-corrected chi connectivity index (χ3v) is 2.82. The normalized spacial score (nSPS) is 10.2. The van der Waals surface area contributed by atoms with Crippen LogP contribution < -0.4 is 4.90 Å². The Bertz CT molecular complexity index is 582. The SMILES string of the molecule is CCOC(=O)c1ccc(N(C)c2ccc(F)cc2)nc1. The minimum atomic E-state index is -0.393. The predicted octanol–water partition coefficient (Wildman–Crippen LogP) is 3.17. The molecule has 0 amide bonds. The van der Waals surface area contributed by atoms with E-state index in [1.807, 2.05) is 7.05 Å². The largest absolute Gasteiger partial charge is 0.462 e. The Labute approximate surface area is 116 Å². The van der Waals surface area contributed by atoms with Crippen LogP contribution >= 0.6 is 0 Å². The van der Waals surface area contributed by atoms with Crippen molar-refractivity contribution in [2.45, 2.75) is 6.92 Å². The lowest BCUT2D eigenvalue weighted by molar-refractivity contribution is 0.0526. The molecule has 4 nitrogen and oxygen atoms in total. The fourth-order valence-corrected chi connectivity index (χ4v) is 1.72. The van der Waals surface area contributed by atoms with Gasteiger partial charge in [-0.25, -0.2) is 14.2 Å². The summed E-state index contributed by atoms with van der Waals surface area (Å²) in [4.78, 5) is 17.5. The van der Waals surface area contributed by atoms with Crippen molar-refractivity contribution in [3.05, 3.63) is 54.0 Å². The van der Waals surface area contributed by atoms with E-state index in [0.717, 1.165) is 5.69 Å². The number of rotatable bonds is 4. The number of hydrogen-bond donors (Lipinski definition) is 0. The Kier molecular flexibility index (Phi) is 4.30. The van der Waals surface area contributed by atoms with Crippen molar-refractivity contribution in [2.24, 2.45) is 0 Å². The minimum absolute atomic E-state index is 0.284. The molecule has 2 rings (SSSR count). The van der Waals surface area contributed by atoms with Gasteiger partial charge in [0, 0.05) is 18.9 Å². The van der Waals surface area contributed by atoms with Crippen molar-refractivity contribution in [3.63, 3.8) is 0 Å². The van der Waals surface area contributed by atoms with Gasteiger partial charge in [0.2, 0.25) is 0 Å². The molecule has 0 spiro atoms. The van der Waals surface area contributed by atoms with Crippen molar-refractivity contribution < 1.29 is 13.9 Å². The van der Waals surface area contributed by atoms with Crippen LogP contribution in [-0.4, -0.2) is 24.6 Å². The molecule has 0 aliphatic carbocycles. The molecule has 0 N–H and O–H groups in total. The summed E-state index contributed by atoms with van der Waals surface area (Å²) in [7, 11) is 1.82. The number of carbonyl (C=O) groups excluding carboxylic acids is 1. The maximum absolute atomic E-state index is 12.9. The van der Waals surface area contributed by atoms with Crippen LogP contribution in [0.2, 0.25) is 0 Å². The van der Waals surface area contributed by atoms with E-state index in [2.05, 4.69) is 4.98 Å². The molecule has 0 aliphatic rings. The number of aromatic nitrogens is 1. The van der Waals surface area contributed by atoms with Crippen molar-refractivity contribution in [1.29, 1.82) is 0 Å². The summed E-state index contributed by atoms with van der Waals surface area (Å²) in [5, 5.41) is 0. The molecule has 1 aromatic heterocycles. The maximum Gasteiger partial charge on any atom is 0.339 e. The lowest BCUT2D eigenvalue weighted by Gasteiger charge is -2.18. The molecule has 0 saturated heterocycles. The highest BCUT2D eigenvalue weighted by Crippen LogP contribution is 2.21. The van der Waals surface area contributed by atoms with Crippen LogP contribution in [0.5, 0.6) is 0 Å². The molecule has 5 heteroatoms. The third-order valence-electron chi connectivity index (χ3n) is 2.82. The Morgan fingerprint density at radius 3 is 2.50 bits per heavy atom. The second-order valence-electron chi connectivity index (χ2n) is 4.16. The van der Waals surface area contributed by atoms with Crippen LogP contribution in [0.15, 0.2) is 42.6 Å². The number of anilines is 2. The molecule has 104 valence electrons. The van der Waals surface area contributed by atoms with E-state index in [4.69, 9.17) is 4.74 Å². The van der Waals surface area contributed by atoms with Crippen LogP contribution in [0.3, 0.4) is 0 Å². The van der Waals surface area contributed by atoms with Crippen LogP contribution in [0.1, 0.15) is 17.3 Å². The van der Waals surface area contributed by atoms with Gasteiger partial charge in [-0.1, -0.05) is 0 Å². The zero-order valence-electron chi connectivity index (χ0n) is 11.3. The first-order valence-electron chi connectivity index (χ1n) is 6.24. The van der Waals surface area contributed by atoms with Crippen molar-refractivity contribution in [2.75, 3.05) is 18.6 Å². The molecule has 0 saturated carbocycles. The zero-order valence-corrected chi connectivity index (χ0v) is 11.3. The number of halogens is 1. The van der Waals surface area contributed by atoms with Gasteiger partial charge in [-0.05, 0) is 43.3 Å². The number of esters is 1. The third kappa shape index (κ3) is 3.12. The van der Waals surface area contributed by atoms with E-state index in [1.54, 1.807) is 36.1 Å². The van der Waals surface area contributed by atoms with Gasteiger partial charge in [-0.15, -0.1) is 0 Å². The predicted molar refractivity (Wildman–Crippen MR) is 74.7 cm³/mol. The number of ether oxygens (including phenoxy) is 1. The Morgan fingerprint density at radius 1 is 1.25 bits per heavy atom. The van der Waals surface area contributed by atoms with Crippen molar-refractivity contribution in [3.8, 4) is 0 Å². The summed E-state index contributed by atoms with van der Waals surface area (Å²) in [5.74, 6) is -0.0200. The first-order valence-corrected chi connectivity index (χ1v) is 6.24. The van der Waals surface area contributed by atoms with Crippen molar-refractivity contribution in [1.82, 2.24) is 4.98 Å². The molecule has 0 unspecified atom stereocenters. The van der Waals surface area contributed by atoms with Gasteiger partial charge in [0.1, 0.15) is 11.6 Å². The smallest absolute Gasteiger partial charge is 0.339 e. The van der Waals surface area contributed by atoms with Crippen LogP contribution in [0, 0.1) is 5.82 Å². The van der Waals surface area contributed by atoms with Crippen LogP contribution in [0.4, 0.5) is 15.9 Å². The summed E-state index contributed by atoms with van der Waals surface area (Å²) < 4.78 is 17.8. The lowest BCUT2D eigenvalue weighted by Crippen LogP contribution is -2.12. The lowest BCUT2D eigenvalue weighted by atomic mass is 10.2. The summed E-state index contributed by atoms with van der Waals surface area (Å²) in [5.41, 5.74) is 1.21. The highest BCUT2D eigenvalue weighted by molar-refractivity contribution is 5.89.